The summed E-state index contributed by atoms with van der Waals surface area (Å²) < 4.78 is 1.79. The minimum atomic E-state index is 0.0226. The number of hydrogen-bond donors (Lipinski definition) is 0. The van der Waals surface area contributed by atoms with Crippen molar-refractivity contribution >= 4 is 11.7 Å². The Bertz CT molecular complexity index is 976. The van der Waals surface area contributed by atoms with Crippen molar-refractivity contribution in [3.8, 4) is 0 Å². The van der Waals surface area contributed by atoms with Gasteiger partial charge in [-0.25, -0.2) is 9.97 Å². The Hall–Kier alpha value is -2.73. The molecule has 6 heteroatoms. The van der Waals surface area contributed by atoms with E-state index in [1.165, 1.54) is 11.1 Å². The number of hydrogen-bond acceptors (Lipinski definition) is 4. The van der Waals surface area contributed by atoms with Gasteiger partial charge in [0, 0.05) is 37.4 Å². The van der Waals surface area contributed by atoms with E-state index in [-0.39, 0.29) is 11.9 Å². The fraction of sp³-hybridized carbons (Fsp3) is 0.381. The summed E-state index contributed by atoms with van der Waals surface area (Å²) in [5.41, 5.74) is 3.87. The van der Waals surface area contributed by atoms with Crippen LogP contribution in [0.1, 0.15) is 33.2 Å². The third-order valence-electron chi connectivity index (χ3n) is 5.53. The van der Waals surface area contributed by atoms with Gasteiger partial charge in [0.2, 0.25) is 5.78 Å². The highest BCUT2D eigenvalue weighted by atomic mass is 16.2. The van der Waals surface area contributed by atoms with Crippen LogP contribution in [0.4, 0.5) is 0 Å². The Morgan fingerprint density at radius 3 is 2.59 bits per heavy atom. The van der Waals surface area contributed by atoms with Gasteiger partial charge in [0.1, 0.15) is 5.69 Å². The molecule has 0 saturated carbocycles. The molecule has 27 heavy (non-hydrogen) atoms. The van der Waals surface area contributed by atoms with E-state index in [1.54, 1.807) is 10.6 Å². The molecule has 1 aliphatic rings. The number of aryl methyl sites for hydroxylation is 2. The van der Waals surface area contributed by atoms with Gasteiger partial charge in [-0.2, -0.15) is 0 Å². The number of likely N-dealkylation sites (tertiary alicyclic amines) is 1. The van der Waals surface area contributed by atoms with Gasteiger partial charge < -0.3 is 9.80 Å². The van der Waals surface area contributed by atoms with Crippen molar-refractivity contribution in [2.45, 2.75) is 25.8 Å². The molecule has 140 valence electrons. The Balaban J connectivity index is 1.67. The molecule has 0 unspecified atom stereocenters. The van der Waals surface area contributed by atoms with Crippen molar-refractivity contribution in [2.75, 3.05) is 27.2 Å². The number of imidazole rings is 1. The summed E-state index contributed by atoms with van der Waals surface area (Å²) in [4.78, 5) is 26.2. The molecular weight excluding hydrogens is 338 g/mol. The summed E-state index contributed by atoms with van der Waals surface area (Å²) in [7, 11) is 4.17. The summed E-state index contributed by atoms with van der Waals surface area (Å²) in [6.45, 7) is 5.38. The smallest absolute Gasteiger partial charge is 0.272 e. The fourth-order valence-electron chi connectivity index (χ4n) is 4.02. The topological polar surface area (TPSA) is 53.7 Å². The van der Waals surface area contributed by atoms with E-state index >= 15 is 0 Å². The summed E-state index contributed by atoms with van der Waals surface area (Å²) in [5.74, 6) is 0.883. The molecule has 2 aromatic heterocycles. The van der Waals surface area contributed by atoms with Crippen molar-refractivity contribution in [1.82, 2.24) is 24.2 Å². The second-order valence-electron chi connectivity index (χ2n) is 7.59. The van der Waals surface area contributed by atoms with Crippen LogP contribution in [0.5, 0.6) is 0 Å². The quantitative estimate of drug-likeness (QED) is 0.718. The summed E-state index contributed by atoms with van der Waals surface area (Å²) in [6.07, 6.45) is 3.55. The van der Waals surface area contributed by atoms with Crippen LogP contribution in [0.15, 0.2) is 42.7 Å². The highest BCUT2D eigenvalue weighted by molar-refractivity contribution is 5.94. The van der Waals surface area contributed by atoms with Crippen LogP contribution < -0.4 is 0 Å². The molecule has 0 aliphatic carbocycles. The van der Waals surface area contributed by atoms with Crippen molar-refractivity contribution in [2.24, 2.45) is 0 Å². The zero-order chi connectivity index (χ0) is 19.1. The maximum Gasteiger partial charge on any atom is 0.272 e. The monoisotopic (exact) mass is 363 g/mol. The Morgan fingerprint density at radius 1 is 1.15 bits per heavy atom. The van der Waals surface area contributed by atoms with Crippen LogP contribution in [0.3, 0.4) is 0 Å². The van der Waals surface area contributed by atoms with Gasteiger partial charge in [-0.15, -0.1) is 0 Å². The summed E-state index contributed by atoms with van der Waals surface area (Å²) in [5, 5.41) is 0. The number of carbonyl (C=O) groups is 1. The van der Waals surface area contributed by atoms with Crippen LogP contribution in [-0.4, -0.2) is 63.3 Å². The number of likely N-dealkylation sites (N-methyl/N-ethyl adjacent to an activating group) is 1. The van der Waals surface area contributed by atoms with E-state index in [9.17, 15) is 4.79 Å². The van der Waals surface area contributed by atoms with E-state index in [2.05, 4.69) is 60.2 Å². The van der Waals surface area contributed by atoms with E-state index in [1.807, 2.05) is 24.1 Å². The number of fused-ring (bicyclic) bond motifs is 1. The van der Waals surface area contributed by atoms with Gasteiger partial charge in [-0.3, -0.25) is 9.20 Å². The number of nitrogens with zero attached hydrogens (tertiary/aromatic N) is 5. The molecule has 6 nitrogen and oxygen atoms in total. The standard InChI is InChI=1S/C21H25N5O/c1-14-6-8-16(9-7-14)17-12-25(13-18(17)24(3)4)20(27)19-15(2)23-21-22-10-5-11-26(19)21/h5-11,17-18H,12-13H2,1-4H3/t17-,18+/m0/s1. The molecule has 1 fully saturated rings. The predicted molar refractivity (Wildman–Crippen MR) is 105 cm³/mol. The molecular formula is C21H25N5O. The van der Waals surface area contributed by atoms with Crippen molar-refractivity contribution in [3.63, 3.8) is 0 Å². The molecule has 0 bridgehead atoms. The van der Waals surface area contributed by atoms with Crippen LogP contribution in [0.25, 0.3) is 5.78 Å². The van der Waals surface area contributed by atoms with E-state index in [4.69, 9.17) is 0 Å². The molecule has 3 aromatic rings. The Morgan fingerprint density at radius 2 is 1.89 bits per heavy atom. The van der Waals surface area contributed by atoms with Crippen LogP contribution in [0, 0.1) is 13.8 Å². The highest BCUT2D eigenvalue weighted by Gasteiger charge is 2.38. The van der Waals surface area contributed by atoms with Crippen molar-refractivity contribution in [3.05, 3.63) is 65.2 Å². The van der Waals surface area contributed by atoms with Gasteiger partial charge in [-0.05, 0) is 39.6 Å². The van der Waals surface area contributed by atoms with Gasteiger partial charge in [-0.1, -0.05) is 29.8 Å². The number of carbonyl (C=O) groups excluding carboxylic acids is 1. The average Bonchev–Trinajstić information content (AvgIpc) is 3.23. The fourth-order valence-corrected chi connectivity index (χ4v) is 4.02. The summed E-state index contributed by atoms with van der Waals surface area (Å²) in [6, 6.07) is 10.8. The molecule has 1 aromatic carbocycles. The normalized spacial score (nSPS) is 20.0. The first-order valence-corrected chi connectivity index (χ1v) is 9.27. The zero-order valence-corrected chi connectivity index (χ0v) is 16.3. The van der Waals surface area contributed by atoms with Gasteiger partial charge in [0.05, 0.1) is 5.69 Å². The molecule has 1 saturated heterocycles. The molecule has 4 rings (SSSR count). The van der Waals surface area contributed by atoms with Crippen molar-refractivity contribution < 1.29 is 4.79 Å². The van der Waals surface area contributed by atoms with Crippen LogP contribution in [-0.2, 0) is 0 Å². The van der Waals surface area contributed by atoms with Crippen molar-refractivity contribution in [1.29, 1.82) is 0 Å². The molecule has 3 heterocycles. The SMILES string of the molecule is Cc1ccc([C@@H]2CN(C(=O)c3c(C)nc4ncccn34)C[C@H]2N(C)C)cc1. The first kappa shape index (κ1) is 17.7. The largest absolute Gasteiger partial charge is 0.335 e. The maximum absolute atomic E-state index is 13.4. The van der Waals surface area contributed by atoms with E-state index in [0.717, 1.165) is 5.69 Å². The van der Waals surface area contributed by atoms with Gasteiger partial charge >= 0.3 is 0 Å². The first-order valence-electron chi connectivity index (χ1n) is 9.27. The molecule has 1 amide bonds. The summed E-state index contributed by atoms with van der Waals surface area (Å²) >= 11 is 0. The van der Waals surface area contributed by atoms with E-state index < -0.39 is 0 Å². The first-order chi connectivity index (χ1) is 13.0. The zero-order valence-electron chi connectivity index (χ0n) is 16.3. The molecule has 0 N–H and O–H groups in total. The lowest BCUT2D eigenvalue weighted by Crippen LogP contribution is -2.36. The van der Waals surface area contributed by atoms with Gasteiger partial charge in [0.15, 0.2) is 0 Å². The maximum atomic E-state index is 13.4. The lowest BCUT2D eigenvalue weighted by Gasteiger charge is -2.25. The minimum Gasteiger partial charge on any atom is -0.335 e. The predicted octanol–water partition coefficient (Wildman–Crippen LogP) is 2.52. The molecule has 2 atom stereocenters. The number of rotatable bonds is 3. The van der Waals surface area contributed by atoms with Crippen LogP contribution in [0.2, 0.25) is 0 Å². The lowest BCUT2D eigenvalue weighted by atomic mass is 9.93. The van der Waals surface area contributed by atoms with Crippen LogP contribution >= 0.6 is 0 Å². The third-order valence-corrected chi connectivity index (χ3v) is 5.53. The second kappa shape index (κ2) is 6.78. The second-order valence-corrected chi connectivity index (χ2v) is 7.59. The minimum absolute atomic E-state index is 0.0226. The van der Waals surface area contributed by atoms with E-state index in [0.29, 0.717) is 30.5 Å². The number of benzene rings is 1. The third kappa shape index (κ3) is 3.10. The number of aromatic nitrogens is 3. The lowest BCUT2D eigenvalue weighted by molar-refractivity contribution is 0.0774. The average molecular weight is 363 g/mol. The molecule has 1 aliphatic heterocycles. The molecule has 0 radical (unpaired) electrons. The Kier molecular flexibility index (Phi) is 4.44. The van der Waals surface area contributed by atoms with Gasteiger partial charge in [0.25, 0.3) is 5.91 Å². The molecule has 0 spiro atoms. The Labute approximate surface area is 159 Å². The number of amides is 1. The highest BCUT2D eigenvalue weighted by Crippen LogP contribution is 2.31.